The molecule has 0 saturated carbocycles. The first kappa shape index (κ1) is 17.0. The number of ether oxygens (including phenoxy) is 1. The molecule has 3 heterocycles. The van der Waals surface area contributed by atoms with Crippen molar-refractivity contribution < 1.29 is 8.95 Å². The number of fused-ring (bicyclic) bond motifs is 5. The fraction of sp³-hybridized carbons (Fsp3) is 0.250. The highest BCUT2D eigenvalue weighted by Crippen LogP contribution is 2.44. The third-order valence-electron chi connectivity index (χ3n) is 5.07. The first-order chi connectivity index (χ1) is 13.2. The van der Waals surface area contributed by atoms with Crippen LogP contribution in [0.2, 0.25) is 5.02 Å². The van der Waals surface area contributed by atoms with Crippen LogP contribution >= 0.6 is 11.6 Å². The SMILES string of the molecule is O=S1Nc2c(cc(Cl)c3cccnc23)-c2cc(OC3CCNCC3)ccc21. The zero-order valence-corrected chi connectivity index (χ0v) is 16.1. The Morgan fingerprint density at radius 3 is 2.85 bits per heavy atom. The lowest BCUT2D eigenvalue weighted by Gasteiger charge is -2.26. The van der Waals surface area contributed by atoms with Crippen LogP contribution in [0.5, 0.6) is 5.75 Å². The molecule has 2 N–H and O–H groups in total. The lowest BCUT2D eigenvalue weighted by molar-refractivity contribution is 0.162. The highest BCUT2D eigenvalue weighted by atomic mass is 35.5. The summed E-state index contributed by atoms with van der Waals surface area (Å²) in [6, 6.07) is 11.4. The van der Waals surface area contributed by atoms with Gasteiger partial charge >= 0.3 is 0 Å². The van der Waals surface area contributed by atoms with Gasteiger partial charge < -0.3 is 10.1 Å². The number of pyridine rings is 1. The topological polar surface area (TPSA) is 63.2 Å². The molecule has 0 spiro atoms. The van der Waals surface area contributed by atoms with Crippen LogP contribution in [0.1, 0.15) is 12.8 Å². The van der Waals surface area contributed by atoms with E-state index < -0.39 is 11.0 Å². The van der Waals surface area contributed by atoms with Crippen molar-refractivity contribution in [3.05, 3.63) is 47.6 Å². The second kappa shape index (κ2) is 6.78. The van der Waals surface area contributed by atoms with E-state index in [9.17, 15) is 4.21 Å². The quantitative estimate of drug-likeness (QED) is 0.680. The Kier molecular flexibility index (Phi) is 4.27. The number of anilines is 1. The van der Waals surface area contributed by atoms with Gasteiger partial charge in [0.1, 0.15) is 11.9 Å². The number of hydrogen-bond acceptors (Lipinski definition) is 4. The van der Waals surface area contributed by atoms with Crippen LogP contribution in [0.25, 0.3) is 22.0 Å². The predicted molar refractivity (Wildman–Crippen MR) is 109 cm³/mol. The minimum atomic E-state index is -1.35. The number of benzene rings is 2. The average Bonchev–Trinajstić information content (AvgIpc) is 2.70. The van der Waals surface area contributed by atoms with Crippen molar-refractivity contribution in [2.45, 2.75) is 23.8 Å². The Balaban J connectivity index is 1.63. The molecule has 1 aromatic heterocycles. The molecule has 7 heteroatoms. The fourth-order valence-corrected chi connectivity index (χ4v) is 5.05. The number of nitrogens with one attached hydrogen (secondary N) is 2. The molecular formula is C20H18ClN3O2S. The van der Waals surface area contributed by atoms with Crippen LogP contribution in [-0.4, -0.2) is 28.4 Å². The fourth-order valence-electron chi connectivity index (χ4n) is 3.73. The molecule has 1 saturated heterocycles. The first-order valence-corrected chi connectivity index (χ1v) is 10.5. The van der Waals surface area contributed by atoms with Crippen molar-refractivity contribution in [2.24, 2.45) is 0 Å². The van der Waals surface area contributed by atoms with E-state index in [4.69, 9.17) is 16.3 Å². The van der Waals surface area contributed by atoms with Crippen molar-refractivity contribution in [1.29, 1.82) is 0 Å². The Labute approximate surface area is 164 Å². The summed E-state index contributed by atoms with van der Waals surface area (Å²) in [5.74, 6) is 0.794. The summed E-state index contributed by atoms with van der Waals surface area (Å²) in [6.07, 6.45) is 3.90. The standard InChI is InChI=1S/C20H18ClN3O2S/c21-17-11-16-15-10-13(26-12-5-8-22-9-6-12)3-4-18(15)27(25)24-20(16)19-14(17)2-1-7-23-19/h1-4,7,10-12,22,24H,5-6,8-9H2. The number of halogens is 1. The molecule has 3 aromatic rings. The van der Waals surface area contributed by atoms with Crippen molar-refractivity contribution >= 4 is 39.2 Å². The van der Waals surface area contributed by atoms with Crippen LogP contribution in [0.4, 0.5) is 5.69 Å². The van der Waals surface area contributed by atoms with E-state index in [2.05, 4.69) is 15.0 Å². The molecule has 0 aliphatic carbocycles. The van der Waals surface area contributed by atoms with Crippen molar-refractivity contribution in [1.82, 2.24) is 10.3 Å². The molecule has 27 heavy (non-hydrogen) atoms. The largest absolute Gasteiger partial charge is 0.490 e. The third kappa shape index (κ3) is 2.98. The van der Waals surface area contributed by atoms with Crippen LogP contribution in [0.15, 0.2) is 47.5 Å². The van der Waals surface area contributed by atoms with Crippen molar-refractivity contribution in [2.75, 3.05) is 17.8 Å². The summed E-state index contributed by atoms with van der Waals surface area (Å²) >= 11 is 6.51. The maximum Gasteiger partial charge on any atom is 0.151 e. The molecule has 2 aliphatic rings. The minimum Gasteiger partial charge on any atom is -0.490 e. The third-order valence-corrected chi connectivity index (χ3v) is 6.52. The lowest BCUT2D eigenvalue weighted by atomic mass is 10.0. The van der Waals surface area contributed by atoms with E-state index in [1.807, 2.05) is 36.4 Å². The lowest BCUT2D eigenvalue weighted by Crippen LogP contribution is -2.34. The van der Waals surface area contributed by atoms with Gasteiger partial charge in [0.05, 0.1) is 21.1 Å². The molecule has 0 radical (unpaired) electrons. The Morgan fingerprint density at radius 2 is 2.00 bits per heavy atom. The molecule has 5 nitrogen and oxygen atoms in total. The average molecular weight is 400 g/mol. The van der Waals surface area contributed by atoms with Gasteiger partial charge in [0.2, 0.25) is 0 Å². The molecule has 2 aromatic carbocycles. The Bertz CT molecular complexity index is 1070. The molecule has 1 fully saturated rings. The van der Waals surface area contributed by atoms with E-state index in [0.29, 0.717) is 5.02 Å². The maximum absolute atomic E-state index is 12.8. The second-order valence-electron chi connectivity index (χ2n) is 6.78. The van der Waals surface area contributed by atoms with E-state index in [1.54, 1.807) is 6.20 Å². The van der Waals surface area contributed by atoms with E-state index >= 15 is 0 Å². The molecule has 1 unspecified atom stereocenters. The van der Waals surface area contributed by atoms with Crippen LogP contribution in [0.3, 0.4) is 0 Å². The smallest absolute Gasteiger partial charge is 0.151 e. The zero-order valence-electron chi connectivity index (χ0n) is 14.5. The number of piperidine rings is 1. The predicted octanol–water partition coefficient (Wildman–Crippen LogP) is 4.13. The van der Waals surface area contributed by atoms with Gasteiger partial charge in [0.15, 0.2) is 11.0 Å². The minimum absolute atomic E-state index is 0.206. The number of aromatic nitrogens is 1. The summed E-state index contributed by atoms with van der Waals surface area (Å²) in [6.45, 7) is 1.94. The number of hydrogen-bond donors (Lipinski definition) is 2. The number of nitrogens with zero attached hydrogens (tertiary/aromatic N) is 1. The summed E-state index contributed by atoms with van der Waals surface area (Å²) in [4.78, 5) is 5.19. The van der Waals surface area contributed by atoms with Crippen molar-refractivity contribution in [3.8, 4) is 16.9 Å². The number of rotatable bonds is 2. The van der Waals surface area contributed by atoms with Gasteiger partial charge in [-0.25, -0.2) is 4.21 Å². The van der Waals surface area contributed by atoms with Gasteiger partial charge in [-0.15, -0.1) is 0 Å². The molecule has 2 aliphatic heterocycles. The van der Waals surface area contributed by atoms with E-state index in [0.717, 1.165) is 64.3 Å². The van der Waals surface area contributed by atoms with Gasteiger partial charge in [0, 0.05) is 22.7 Å². The molecule has 5 rings (SSSR count). The van der Waals surface area contributed by atoms with Crippen LogP contribution in [-0.2, 0) is 11.0 Å². The van der Waals surface area contributed by atoms with Gasteiger partial charge in [-0.05, 0) is 62.3 Å². The first-order valence-electron chi connectivity index (χ1n) is 8.98. The highest BCUT2D eigenvalue weighted by Gasteiger charge is 2.26. The molecule has 1 atom stereocenters. The van der Waals surface area contributed by atoms with Crippen molar-refractivity contribution in [3.63, 3.8) is 0 Å². The molecule has 0 amide bonds. The van der Waals surface area contributed by atoms with E-state index in [1.165, 1.54) is 0 Å². The van der Waals surface area contributed by atoms with E-state index in [-0.39, 0.29) is 6.10 Å². The molecular weight excluding hydrogens is 382 g/mol. The summed E-state index contributed by atoms with van der Waals surface area (Å²) in [5, 5.41) is 4.81. The van der Waals surface area contributed by atoms with Gasteiger partial charge in [0.25, 0.3) is 0 Å². The van der Waals surface area contributed by atoms with Gasteiger partial charge in [-0.1, -0.05) is 11.6 Å². The summed E-state index contributed by atoms with van der Waals surface area (Å²) in [7, 11) is -1.35. The normalized spacial score (nSPS) is 19.2. The van der Waals surface area contributed by atoms with Gasteiger partial charge in [-0.3, -0.25) is 9.71 Å². The highest BCUT2D eigenvalue weighted by molar-refractivity contribution is 7.86. The monoisotopic (exact) mass is 399 g/mol. The van der Waals surface area contributed by atoms with Crippen LogP contribution < -0.4 is 14.8 Å². The molecule has 0 bridgehead atoms. The molecule has 138 valence electrons. The second-order valence-corrected chi connectivity index (χ2v) is 8.37. The van der Waals surface area contributed by atoms with Crippen LogP contribution in [0, 0.1) is 0 Å². The Morgan fingerprint density at radius 1 is 1.15 bits per heavy atom. The van der Waals surface area contributed by atoms with Gasteiger partial charge in [-0.2, -0.15) is 0 Å². The summed E-state index contributed by atoms with van der Waals surface area (Å²) < 4.78 is 22.0. The summed E-state index contributed by atoms with van der Waals surface area (Å²) in [5.41, 5.74) is 3.25. The maximum atomic E-state index is 12.8. The zero-order chi connectivity index (χ0) is 18.4. The Hall–Kier alpha value is -2.15.